The number of benzene rings is 2. The highest BCUT2D eigenvalue weighted by Crippen LogP contribution is 2.39. The molecule has 0 spiro atoms. The summed E-state index contributed by atoms with van der Waals surface area (Å²) < 4.78 is 23.8. The molecule has 0 saturated carbocycles. The minimum Gasteiger partial charge on any atom is -0.497 e. The first-order valence-electron chi connectivity index (χ1n) is 8.52. The molecule has 1 saturated heterocycles. The van der Waals surface area contributed by atoms with E-state index in [9.17, 15) is 9.18 Å². The van der Waals surface area contributed by atoms with Crippen LogP contribution in [0.3, 0.4) is 0 Å². The van der Waals surface area contributed by atoms with E-state index < -0.39 is 0 Å². The molecule has 1 unspecified atom stereocenters. The van der Waals surface area contributed by atoms with E-state index in [2.05, 4.69) is 0 Å². The molecule has 2 aromatic carbocycles. The number of nitrogens with zero attached hydrogens (tertiary/aromatic N) is 1. The van der Waals surface area contributed by atoms with Gasteiger partial charge in [0.25, 0.3) is 0 Å². The molecule has 2 aromatic rings. The van der Waals surface area contributed by atoms with E-state index in [-0.39, 0.29) is 17.8 Å². The topological polar surface area (TPSA) is 38.8 Å². The SMILES string of the molecule is COc1ccc(C2CCCN2C(=O)CSc2ccc(F)cc2)c(OC)c1. The Morgan fingerprint density at radius 3 is 2.65 bits per heavy atom. The maximum Gasteiger partial charge on any atom is 0.233 e. The lowest BCUT2D eigenvalue weighted by molar-refractivity contribution is -0.129. The first-order chi connectivity index (χ1) is 12.6. The van der Waals surface area contributed by atoms with Crippen molar-refractivity contribution < 1.29 is 18.7 Å². The molecule has 0 N–H and O–H groups in total. The number of hydrogen-bond acceptors (Lipinski definition) is 4. The van der Waals surface area contributed by atoms with Crippen LogP contribution in [-0.4, -0.2) is 37.3 Å². The van der Waals surface area contributed by atoms with E-state index in [1.165, 1.54) is 23.9 Å². The summed E-state index contributed by atoms with van der Waals surface area (Å²) in [5.41, 5.74) is 1.01. The predicted octanol–water partition coefficient (Wildman–Crippen LogP) is 4.30. The van der Waals surface area contributed by atoms with Gasteiger partial charge in [0.15, 0.2) is 0 Å². The number of carbonyl (C=O) groups is 1. The van der Waals surface area contributed by atoms with Crippen molar-refractivity contribution in [2.75, 3.05) is 26.5 Å². The van der Waals surface area contributed by atoms with Gasteiger partial charge in [0, 0.05) is 23.1 Å². The lowest BCUT2D eigenvalue weighted by Gasteiger charge is -2.26. The Bertz CT molecular complexity index is 766. The Morgan fingerprint density at radius 1 is 1.19 bits per heavy atom. The van der Waals surface area contributed by atoms with Crippen LogP contribution < -0.4 is 9.47 Å². The molecule has 1 amide bonds. The Hall–Kier alpha value is -2.21. The molecule has 6 heteroatoms. The minimum absolute atomic E-state index is 0.0113. The van der Waals surface area contributed by atoms with Crippen LogP contribution in [0.15, 0.2) is 47.4 Å². The summed E-state index contributed by atoms with van der Waals surface area (Å²) in [5, 5.41) is 0. The molecule has 0 aliphatic carbocycles. The second-order valence-electron chi connectivity index (χ2n) is 6.10. The minimum atomic E-state index is -0.271. The van der Waals surface area contributed by atoms with Gasteiger partial charge >= 0.3 is 0 Å². The number of rotatable bonds is 6. The van der Waals surface area contributed by atoms with Gasteiger partial charge in [-0.1, -0.05) is 0 Å². The van der Waals surface area contributed by atoms with Gasteiger partial charge in [0.2, 0.25) is 5.91 Å². The van der Waals surface area contributed by atoms with Crippen LogP contribution in [0.1, 0.15) is 24.4 Å². The summed E-state index contributed by atoms with van der Waals surface area (Å²) in [6.45, 7) is 0.739. The number of thioether (sulfide) groups is 1. The maximum atomic E-state index is 13.0. The fourth-order valence-electron chi connectivity index (χ4n) is 3.24. The number of ether oxygens (including phenoxy) is 2. The molecular formula is C20H22FNO3S. The number of amides is 1. The van der Waals surface area contributed by atoms with Crippen molar-refractivity contribution in [3.63, 3.8) is 0 Å². The van der Waals surface area contributed by atoms with Crippen LogP contribution in [0.2, 0.25) is 0 Å². The average molecular weight is 375 g/mol. The molecule has 1 fully saturated rings. The van der Waals surface area contributed by atoms with E-state index >= 15 is 0 Å². The fourth-order valence-corrected chi connectivity index (χ4v) is 4.03. The zero-order valence-electron chi connectivity index (χ0n) is 14.9. The molecule has 3 rings (SSSR count). The third kappa shape index (κ3) is 4.12. The normalized spacial score (nSPS) is 16.6. The van der Waals surface area contributed by atoms with Gasteiger partial charge in [-0.15, -0.1) is 11.8 Å². The van der Waals surface area contributed by atoms with Gasteiger partial charge in [-0.05, 0) is 49.2 Å². The van der Waals surface area contributed by atoms with Crippen LogP contribution in [0.5, 0.6) is 11.5 Å². The maximum absolute atomic E-state index is 13.0. The third-order valence-corrected chi connectivity index (χ3v) is 5.55. The van der Waals surface area contributed by atoms with Gasteiger partial charge in [0.1, 0.15) is 17.3 Å². The van der Waals surface area contributed by atoms with E-state index in [0.29, 0.717) is 5.75 Å². The number of likely N-dealkylation sites (tertiary alicyclic amines) is 1. The van der Waals surface area contributed by atoms with E-state index in [1.54, 1.807) is 26.4 Å². The standard InChI is InChI=1S/C20H22FNO3S/c1-24-15-7-10-17(19(12-15)25-2)18-4-3-11-22(18)20(23)13-26-16-8-5-14(21)6-9-16/h5-10,12,18H,3-4,11,13H2,1-2H3. The Kier molecular flexibility index (Phi) is 6.04. The summed E-state index contributed by atoms with van der Waals surface area (Å²) >= 11 is 1.43. The smallest absolute Gasteiger partial charge is 0.233 e. The summed E-state index contributed by atoms with van der Waals surface area (Å²) in [6.07, 6.45) is 1.88. The monoisotopic (exact) mass is 375 g/mol. The third-order valence-electron chi connectivity index (χ3n) is 4.55. The first-order valence-corrected chi connectivity index (χ1v) is 9.50. The lowest BCUT2D eigenvalue weighted by Crippen LogP contribution is -2.32. The molecular weight excluding hydrogens is 353 g/mol. The van der Waals surface area contributed by atoms with Gasteiger partial charge < -0.3 is 14.4 Å². The average Bonchev–Trinajstić information content (AvgIpc) is 3.16. The van der Waals surface area contributed by atoms with Crippen molar-refractivity contribution in [3.8, 4) is 11.5 Å². The van der Waals surface area contributed by atoms with Gasteiger partial charge in [-0.2, -0.15) is 0 Å². The van der Waals surface area contributed by atoms with Gasteiger partial charge in [0.05, 0.1) is 26.0 Å². The Balaban J connectivity index is 1.71. The zero-order chi connectivity index (χ0) is 18.5. The summed E-state index contributed by atoms with van der Waals surface area (Å²) in [6, 6.07) is 11.9. The largest absolute Gasteiger partial charge is 0.497 e. The quantitative estimate of drug-likeness (QED) is 0.706. The first kappa shape index (κ1) is 18.6. The molecule has 1 atom stereocenters. The van der Waals surface area contributed by atoms with Crippen LogP contribution in [-0.2, 0) is 4.79 Å². The molecule has 1 aliphatic heterocycles. The molecule has 26 heavy (non-hydrogen) atoms. The summed E-state index contributed by atoms with van der Waals surface area (Å²) in [5.74, 6) is 1.61. The van der Waals surface area contributed by atoms with Gasteiger partial charge in [-0.25, -0.2) is 4.39 Å². The molecule has 0 bridgehead atoms. The molecule has 138 valence electrons. The van der Waals surface area contributed by atoms with Crippen LogP contribution in [0.4, 0.5) is 4.39 Å². The van der Waals surface area contributed by atoms with Crippen molar-refractivity contribution in [1.29, 1.82) is 0 Å². The molecule has 0 aromatic heterocycles. The van der Waals surface area contributed by atoms with Crippen molar-refractivity contribution >= 4 is 17.7 Å². The molecule has 1 heterocycles. The predicted molar refractivity (Wildman–Crippen MR) is 100 cm³/mol. The van der Waals surface area contributed by atoms with Crippen molar-refractivity contribution in [2.24, 2.45) is 0 Å². The number of hydrogen-bond donors (Lipinski definition) is 0. The van der Waals surface area contributed by atoms with Gasteiger partial charge in [-0.3, -0.25) is 4.79 Å². The van der Waals surface area contributed by atoms with Crippen molar-refractivity contribution in [2.45, 2.75) is 23.8 Å². The molecule has 0 radical (unpaired) electrons. The van der Waals surface area contributed by atoms with Crippen LogP contribution >= 0.6 is 11.8 Å². The Morgan fingerprint density at radius 2 is 1.96 bits per heavy atom. The molecule has 4 nitrogen and oxygen atoms in total. The highest BCUT2D eigenvalue weighted by Gasteiger charge is 2.31. The van der Waals surface area contributed by atoms with E-state index in [4.69, 9.17) is 9.47 Å². The second kappa shape index (κ2) is 8.45. The zero-order valence-corrected chi connectivity index (χ0v) is 15.7. The number of carbonyl (C=O) groups excluding carboxylic acids is 1. The van der Waals surface area contributed by atoms with Crippen LogP contribution in [0.25, 0.3) is 0 Å². The molecule has 1 aliphatic rings. The summed E-state index contributed by atoms with van der Waals surface area (Å²) in [7, 11) is 3.25. The van der Waals surface area contributed by atoms with E-state index in [0.717, 1.165) is 41.3 Å². The number of halogens is 1. The Labute approximate surface area is 157 Å². The van der Waals surface area contributed by atoms with E-state index in [1.807, 2.05) is 23.1 Å². The second-order valence-corrected chi connectivity index (χ2v) is 7.14. The van der Waals surface area contributed by atoms with Crippen molar-refractivity contribution in [3.05, 3.63) is 53.8 Å². The number of methoxy groups -OCH3 is 2. The fraction of sp³-hybridized carbons (Fsp3) is 0.350. The highest BCUT2D eigenvalue weighted by atomic mass is 32.2. The lowest BCUT2D eigenvalue weighted by atomic mass is 10.0. The summed E-state index contributed by atoms with van der Waals surface area (Å²) in [4.78, 5) is 15.6. The highest BCUT2D eigenvalue weighted by molar-refractivity contribution is 8.00. The van der Waals surface area contributed by atoms with Crippen LogP contribution in [0, 0.1) is 5.82 Å². The van der Waals surface area contributed by atoms with Crippen molar-refractivity contribution in [1.82, 2.24) is 4.90 Å².